The monoisotopic (exact) mass is 419 g/mol. The van der Waals surface area contributed by atoms with E-state index in [0.717, 1.165) is 29.0 Å². The van der Waals surface area contributed by atoms with E-state index in [1.54, 1.807) is 12.1 Å². The zero-order valence-electron chi connectivity index (χ0n) is 18.3. The van der Waals surface area contributed by atoms with E-state index in [9.17, 15) is 14.7 Å². The Kier molecular flexibility index (Phi) is 7.36. The van der Waals surface area contributed by atoms with Crippen LogP contribution in [0.2, 0.25) is 0 Å². The molecule has 0 aliphatic heterocycles. The van der Waals surface area contributed by atoms with Crippen molar-refractivity contribution in [3.63, 3.8) is 0 Å². The van der Waals surface area contributed by atoms with Crippen LogP contribution < -0.4 is 10.2 Å². The van der Waals surface area contributed by atoms with Crippen LogP contribution in [-0.4, -0.2) is 42.2 Å². The molecule has 6 heteroatoms. The van der Waals surface area contributed by atoms with Gasteiger partial charge in [0.15, 0.2) is 0 Å². The molecule has 1 amide bonds. The summed E-state index contributed by atoms with van der Waals surface area (Å²) in [7, 11) is 0. The van der Waals surface area contributed by atoms with Gasteiger partial charge in [0.1, 0.15) is 0 Å². The van der Waals surface area contributed by atoms with Crippen molar-refractivity contribution in [1.29, 1.82) is 0 Å². The number of aliphatic hydroxyl groups is 1. The van der Waals surface area contributed by atoms with Crippen molar-refractivity contribution in [2.45, 2.75) is 33.6 Å². The number of hydrogen-bond acceptors (Lipinski definition) is 5. The summed E-state index contributed by atoms with van der Waals surface area (Å²) in [4.78, 5) is 31.9. The van der Waals surface area contributed by atoms with Gasteiger partial charge in [0.05, 0.1) is 23.7 Å². The minimum Gasteiger partial charge on any atom is -0.395 e. The predicted octanol–water partition coefficient (Wildman–Crippen LogP) is 3.93. The Morgan fingerprint density at radius 1 is 1.13 bits per heavy atom. The van der Waals surface area contributed by atoms with Crippen molar-refractivity contribution >= 4 is 28.8 Å². The van der Waals surface area contributed by atoms with Crippen molar-refractivity contribution < 1.29 is 14.7 Å². The predicted molar refractivity (Wildman–Crippen MR) is 124 cm³/mol. The number of anilines is 1. The highest BCUT2D eigenvalue weighted by atomic mass is 16.3. The number of fused-ring (bicyclic) bond motifs is 1. The first-order valence-electron chi connectivity index (χ1n) is 10.7. The third-order valence-corrected chi connectivity index (χ3v) is 5.26. The summed E-state index contributed by atoms with van der Waals surface area (Å²) in [6.45, 7) is 7.43. The highest BCUT2D eigenvalue weighted by molar-refractivity contribution is 6.27. The first kappa shape index (κ1) is 22.4. The summed E-state index contributed by atoms with van der Waals surface area (Å²) < 4.78 is 0. The number of amides is 1. The number of hydrogen-bond donors (Lipinski definition) is 2. The van der Waals surface area contributed by atoms with Gasteiger partial charge < -0.3 is 15.3 Å². The molecule has 0 fully saturated rings. The van der Waals surface area contributed by atoms with Gasteiger partial charge in [0.2, 0.25) is 11.7 Å². The summed E-state index contributed by atoms with van der Waals surface area (Å²) in [6, 6.07) is 13.3. The molecule has 6 nitrogen and oxygen atoms in total. The Hall–Kier alpha value is -3.25. The number of carbonyl (C=O) groups is 2. The fourth-order valence-corrected chi connectivity index (χ4v) is 3.64. The average Bonchev–Trinajstić information content (AvgIpc) is 2.76. The standard InChI is InChI=1S/C25H29N3O3/c1-4-8-24(30)27-23-16-22(19-9-6-7-10-20(19)25(23)31)26-21-12-11-18(15-17(21)3)28(5-2)13-14-29/h6-7,9-12,15-16,29H,4-5,8,13-14H2,1-3H3,(H,27,30)/b26-22+. The van der Waals surface area contributed by atoms with Crippen LogP contribution in [0.15, 0.2) is 59.2 Å². The normalized spacial score (nSPS) is 14.3. The van der Waals surface area contributed by atoms with E-state index in [2.05, 4.69) is 10.2 Å². The van der Waals surface area contributed by atoms with Crippen LogP contribution in [0.1, 0.15) is 48.2 Å². The fraction of sp³-hybridized carbons (Fsp3) is 0.320. The van der Waals surface area contributed by atoms with Crippen molar-refractivity contribution in [3.05, 3.63) is 70.9 Å². The number of allylic oxidation sites excluding steroid dienone is 2. The quantitative estimate of drug-likeness (QED) is 0.679. The van der Waals surface area contributed by atoms with E-state index in [1.165, 1.54) is 0 Å². The molecule has 0 radical (unpaired) electrons. The Balaban J connectivity index is 2.01. The van der Waals surface area contributed by atoms with Crippen LogP contribution in [0.4, 0.5) is 11.4 Å². The summed E-state index contributed by atoms with van der Waals surface area (Å²) >= 11 is 0. The largest absolute Gasteiger partial charge is 0.395 e. The number of Topliss-reactive ketones (excluding diaryl/α,β-unsaturated/α-hetero) is 1. The zero-order valence-corrected chi connectivity index (χ0v) is 18.3. The Bertz CT molecular complexity index is 1040. The van der Waals surface area contributed by atoms with Gasteiger partial charge in [-0.1, -0.05) is 31.2 Å². The number of ketones is 1. The molecule has 2 N–H and O–H groups in total. The Morgan fingerprint density at radius 3 is 2.52 bits per heavy atom. The molecule has 0 spiro atoms. The SMILES string of the molecule is CCCC(=O)NC1=C/C(=N\c2ccc(N(CC)CCO)cc2C)c2ccccc2C1=O. The maximum absolute atomic E-state index is 12.9. The van der Waals surface area contributed by atoms with Crippen LogP contribution in [0.5, 0.6) is 0 Å². The molecule has 0 saturated carbocycles. The molecule has 31 heavy (non-hydrogen) atoms. The molecular formula is C25H29N3O3. The molecule has 0 bridgehead atoms. The number of aryl methyl sites for hydroxylation is 1. The molecule has 162 valence electrons. The lowest BCUT2D eigenvalue weighted by molar-refractivity contribution is -0.120. The van der Waals surface area contributed by atoms with E-state index >= 15 is 0 Å². The molecule has 0 saturated heterocycles. The van der Waals surface area contributed by atoms with Crippen molar-refractivity contribution in [1.82, 2.24) is 5.32 Å². The highest BCUT2D eigenvalue weighted by Gasteiger charge is 2.25. The summed E-state index contributed by atoms with van der Waals surface area (Å²) in [5.74, 6) is -0.376. The summed E-state index contributed by atoms with van der Waals surface area (Å²) in [5.41, 5.74) is 4.98. The van der Waals surface area contributed by atoms with Crippen LogP contribution >= 0.6 is 0 Å². The fourth-order valence-electron chi connectivity index (χ4n) is 3.64. The van der Waals surface area contributed by atoms with Gasteiger partial charge in [-0.25, -0.2) is 4.99 Å². The number of likely N-dealkylation sites (N-methyl/N-ethyl adjacent to an activating group) is 1. The molecule has 2 aromatic rings. The molecule has 0 unspecified atom stereocenters. The van der Waals surface area contributed by atoms with Crippen molar-refractivity contribution in [2.75, 3.05) is 24.6 Å². The molecule has 0 aromatic heterocycles. The lowest BCUT2D eigenvalue weighted by Crippen LogP contribution is -2.31. The number of aliphatic imine (C=N–C) groups is 1. The maximum atomic E-state index is 12.9. The van der Waals surface area contributed by atoms with Gasteiger partial charge in [-0.15, -0.1) is 0 Å². The molecule has 0 atom stereocenters. The summed E-state index contributed by atoms with van der Waals surface area (Å²) in [6.07, 6.45) is 2.73. The molecular weight excluding hydrogens is 390 g/mol. The highest BCUT2D eigenvalue weighted by Crippen LogP contribution is 2.28. The van der Waals surface area contributed by atoms with Gasteiger partial charge in [0, 0.05) is 36.3 Å². The van der Waals surface area contributed by atoms with Gasteiger partial charge in [-0.2, -0.15) is 0 Å². The number of rotatable bonds is 8. The minimum atomic E-state index is -0.200. The number of nitrogens with zero attached hydrogens (tertiary/aromatic N) is 2. The first-order valence-corrected chi connectivity index (χ1v) is 10.7. The smallest absolute Gasteiger partial charge is 0.224 e. The van der Waals surface area contributed by atoms with Gasteiger partial charge in [0.25, 0.3) is 0 Å². The van der Waals surface area contributed by atoms with Crippen LogP contribution in [-0.2, 0) is 4.79 Å². The van der Waals surface area contributed by atoms with Crippen LogP contribution in [0.3, 0.4) is 0 Å². The first-order chi connectivity index (χ1) is 15.0. The van der Waals surface area contributed by atoms with Gasteiger partial charge in [-0.3, -0.25) is 9.59 Å². The van der Waals surface area contributed by atoms with Crippen molar-refractivity contribution in [3.8, 4) is 0 Å². The van der Waals surface area contributed by atoms with E-state index in [-0.39, 0.29) is 24.0 Å². The molecule has 1 aliphatic carbocycles. The third-order valence-electron chi connectivity index (χ3n) is 5.26. The Morgan fingerprint density at radius 2 is 1.87 bits per heavy atom. The number of benzene rings is 2. The van der Waals surface area contributed by atoms with E-state index in [1.807, 2.05) is 57.2 Å². The van der Waals surface area contributed by atoms with Gasteiger partial charge in [-0.05, 0) is 50.1 Å². The molecule has 2 aromatic carbocycles. The zero-order chi connectivity index (χ0) is 22.4. The van der Waals surface area contributed by atoms with Crippen LogP contribution in [0, 0.1) is 6.92 Å². The second kappa shape index (κ2) is 10.2. The van der Waals surface area contributed by atoms with E-state index in [4.69, 9.17) is 4.99 Å². The Labute approximate surface area is 183 Å². The molecule has 1 aliphatic rings. The lowest BCUT2D eigenvalue weighted by atomic mass is 9.92. The van der Waals surface area contributed by atoms with E-state index in [0.29, 0.717) is 30.7 Å². The number of nitrogens with one attached hydrogen (secondary N) is 1. The second-order valence-electron chi connectivity index (χ2n) is 7.50. The van der Waals surface area contributed by atoms with Crippen LogP contribution in [0.25, 0.3) is 0 Å². The molecule has 3 rings (SSSR count). The van der Waals surface area contributed by atoms with Gasteiger partial charge >= 0.3 is 0 Å². The summed E-state index contributed by atoms with van der Waals surface area (Å²) in [5, 5.41) is 12.0. The number of aliphatic hydroxyl groups excluding tert-OH is 1. The topological polar surface area (TPSA) is 82.0 Å². The lowest BCUT2D eigenvalue weighted by Gasteiger charge is -2.23. The number of carbonyl (C=O) groups excluding carboxylic acids is 2. The average molecular weight is 420 g/mol. The third kappa shape index (κ3) is 5.09. The van der Waals surface area contributed by atoms with Crippen molar-refractivity contribution in [2.24, 2.45) is 4.99 Å². The minimum absolute atomic E-state index is 0.0963. The maximum Gasteiger partial charge on any atom is 0.224 e. The molecule has 0 heterocycles. The van der Waals surface area contributed by atoms with E-state index < -0.39 is 0 Å². The second-order valence-corrected chi connectivity index (χ2v) is 7.50.